The molecule has 19 heavy (non-hydrogen) atoms. The lowest BCUT2D eigenvalue weighted by Gasteiger charge is -2.12. The van der Waals surface area contributed by atoms with E-state index in [0.29, 0.717) is 27.7 Å². The summed E-state index contributed by atoms with van der Waals surface area (Å²) in [5.74, 6) is 0.654. The molecule has 1 heterocycles. The van der Waals surface area contributed by atoms with Crippen LogP contribution in [-0.4, -0.2) is 9.78 Å². The van der Waals surface area contributed by atoms with E-state index in [2.05, 4.69) is 21.0 Å². The molecule has 0 unspecified atom stereocenters. The van der Waals surface area contributed by atoms with Crippen LogP contribution in [0.5, 0.6) is 5.75 Å². The highest BCUT2D eigenvalue weighted by molar-refractivity contribution is 9.08. The fourth-order valence-electron chi connectivity index (χ4n) is 1.82. The van der Waals surface area contributed by atoms with Gasteiger partial charge in [0.2, 0.25) is 0 Å². The van der Waals surface area contributed by atoms with Crippen LogP contribution < -0.4 is 4.74 Å². The summed E-state index contributed by atoms with van der Waals surface area (Å²) >= 11 is 15.6. The summed E-state index contributed by atoms with van der Waals surface area (Å²) in [4.78, 5) is 0. The first-order valence-corrected chi connectivity index (χ1v) is 7.55. The number of nitrogens with zero attached hydrogens (tertiary/aromatic N) is 2. The molecule has 0 fully saturated rings. The van der Waals surface area contributed by atoms with Crippen LogP contribution in [-0.2, 0) is 19.0 Å². The molecule has 0 spiro atoms. The Balaban J connectivity index is 2.22. The number of alkyl halides is 1. The van der Waals surface area contributed by atoms with Crippen molar-refractivity contribution in [2.75, 3.05) is 0 Å². The van der Waals surface area contributed by atoms with Crippen LogP contribution in [0.3, 0.4) is 0 Å². The fourth-order valence-corrected chi connectivity index (χ4v) is 2.83. The van der Waals surface area contributed by atoms with E-state index in [4.69, 9.17) is 27.9 Å². The van der Waals surface area contributed by atoms with Crippen LogP contribution in [0, 0.1) is 6.92 Å². The Hall–Kier alpha value is -0.710. The lowest BCUT2D eigenvalue weighted by Crippen LogP contribution is -2.04. The van der Waals surface area contributed by atoms with Crippen LogP contribution in [0.2, 0.25) is 10.0 Å². The highest BCUT2D eigenvalue weighted by atomic mass is 79.9. The van der Waals surface area contributed by atoms with Crippen molar-refractivity contribution in [1.29, 1.82) is 0 Å². The minimum absolute atomic E-state index is 0.415. The summed E-state index contributed by atoms with van der Waals surface area (Å²) in [5, 5.41) is 6.02. The summed E-state index contributed by atoms with van der Waals surface area (Å²) in [6, 6.07) is 5.50. The fraction of sp³-hybridized carbons (Fsp3) is 0.308. The number of benzene rings is 1. The molecule has 0 aliphatic rings. The second-order valence-corrected chi connectivity index (χ2v) is 5.60. The van der Waals surface area contributed by atoms with E-state index in [1.807, 2.05) is 26.1 Å². The van der Waals surface area contributed by atoms with E-state index in [-0.39, 0.29) is 0 Å². The maximum absolute atomic E-state index is 6.17. The third-order valence-electron chi connectivity index (χ3n) is 2.69. The van der Waals surface area contributed by atoms with Gasteiger partial charge in [0.25, 0.3) is 0 Å². The molecule has 6 heteroatoms. The van der Waals surface area contributed by atoms with Gasteiger partial charge in [0.05, 0.1) is 16.4 Å². The average molecular weight is 364 g/mol. The first-order chi connectivity index (χ1) is 9.01. The zero-order chi connectivity index (χ0) is 14.0. The topological polar surface area (TPSA) is 27.1 Å². The van der Waals surface area contributed by atoms with Crippen LogP contribution >= 0.6 is 39.1 Å². The number of rotatable bonds is 4. The molecular weight excluding hydrogens is 351 g/mol. The molecule has 2 aromatic rings. The lowest BCUT2D eigenvalue weighted by molar-refractivity contribution is 0.293. The normalized spacial score (nSPS) is 10.8. The van der Waals surface area contributed by atoms with Crippen molar-refractivity contribution in [2.24, 2.45) is 7.05 Å². The quantitative estimate of drug-likeness (QED) is 0.747. The smallest absolute Gasteiger partial charge is 0.142 e. The SMILES string of the molecule is Cc1cc(COc2c(Cl)cc(Cl)cc2CBr)n(C)n1. The highest BCUT2D eigenvalue weighted by Crippen LogP contribution is 2.34. The van der Waals surface area contributed by atoms with Crippen molar-refractivity contribution < 1.29 is 4.74 Å². The molecule has 0 amide bonds. The number of ether oxygens (including phenoxy) is 1. The molecule has 2 rings (SSSR count). The standard InChI is InChI=1S/C13H13BrCl2N2O/c1-8-3-11(18(2)17-8)7-19-13-9(6-14)4-10(15)5-12(13)16/h3-5H,6-7H2,1-2H3. The molecule has 0 radical (unpaired) electrons. The van der Waals surface area contributed by atoms with E-state index in [9.17, 15) is 0 Å². The summed E-state index contributed by atoms with van der Waals surface area (Å²) in [5.41, 5.74) is 2.88. The van der Waals surface area contributed by atoms with E-state index in [1.54, 1.807) is 10.7 Å². The Morgan fingerprint density at radius 3 is 2.63 bits per heavy atom. The Morgan fingerprint density at radius 1 is 1.32 bits per heavy atom. The Bertz CT molecular complexity index is 599. The number of hydrogen-bond acceptors (Lipinski definition) is 2. The van der Waals surface area contributed by atoms with Crippen molar-refractivity contribution in [3.8, 4) is 5.75 Å². The van der Waals surface area contributed by atoms with Crippen molar-refractivity contribution in [3.05, 3.63) is 45.2 Å². The maximum atomic E-state index is 6.17. The molecular formula is C13H13BrCl2N2O. The third-order valence-corrected chi connectivity index (χ3v) is 3.80. The van der Waals surface area contributed by atoms with Crippen molar-refractivity contribution in [2.45, 2.75) is 18.9 Å². The van der Waals surface area contributed by atoms with Gasteiger partial charge in [-0.2, -0.15) is 5.10 Å². The van der Waals surface area contributed by atoms with E-state index in [0.717, 1.165) is 17.0 Å². The van der Waals surface area contributed by atoms with Gasteiger partial charge in [-0.15, -0.1) is 0 Å². The summed E-state index contributed by atoms with van der Waals surface area (Å²) in [7, 11) is 1.89. The first-order valence-electron chi connectivity index (χ1n) is 5.67. The average Bonchev–Trinajstić information content (AvgIpc) is 2.65. The van der Waals surface area contributed by atoms with E-state index < -0.39 is 0 Å². The highest BCUT2D eigenvalue weighted by Gasteiger charge is 2.11. The second kappa shape index (κ2) is 6.16. The predicted molar refractivity (Wildman–Crippen MR) is 81.4 cm³/mol. The van der Waals surface area contributed by atoms with Gasteiger partial charge in [-0.05, 0) is 25.1 Å². The van der Waals surface area contributed by atoms with Crippen molar-refractivity contribution in [1.82, 2.24) is 9.78 Å². The van der Waals surface area contributed by atoms with E-state index in [1.165, 1.54) is 0 Å². The Labute approximate surface area is 130 Å². The van der Waals surface area contributed by atoms with Gasteiger partial charge in [-0.3, -0.25) is 4.68 Å². The van der Waals surface area contributed by atoms with Gasteiger partial charge in [-0.1, -0.05) is 39.1 Å². The first kappa shape index (κ1) is 14.7. The zero-order valence-electron chi connectivity index (χ0n) is 10.6. The van der Waals surface area contributed by atoms with E-state index >= 15 is 0 Å². The van der Waals surface area contributed by atoms with Crippen molar-refractivity contribution in [3.63, 3.8) is 0 Å². The Kier molecular flexibility index (Phi) is 4.76. The molecule has 0 bridgehead atoms. The van der Waals surface area contributed by atoms with Crippen LogP contribution in [0.15, 0.2) is 18.2 Å². The molecule has 0 N–H and O–H groups in total. The van der Waals surface area contributed by atoms with Gasteiger partial charge >= 0.3 is 0 Å². The number of aromatic nitrogens is 2. The van der Waals surface area contributed by atoms with Crippen molar-refractivity contribution >= 4 is 39.1 Å². The molecule has 0 atom stereocenters. The monoisotopic (exact) mass is 362 g/mol. The van der Waals surface area contributed by atoms with Gasteiger partial charge in [0.1, 0.15) is 12.4 Å². The maximum Gasteiger partial charge on any atom is 0.142 e. The zero-order valence-corrected chi connectivity index (χ0v) is 13.7. The number of aryl methyl sites for hydroxylation is 2. The van der Waals surface area contributed by atoms with Gasteiger partial charge in [0.15, 0.2) is 0 Å². The third kappa shape index (κ3) is 3.44. The summed E-state index contributed by atoms with van der Waals surface area (Å²) in [6.45, 7) is 2.36. The summed E-state index contributed by atoms with van der Waals surface area (Å²) in [6.07, 6.45) is 0. The van der Waals surface area contributed by atoms with Gasteiger partial charge < -0.3 is 4.74 Å². The molecule has 0 aliphatic heterocycles. The summed E-state index contributed by atoms with van der Waals surface area (Å²) < 4.78 is 7.61. The second-order valence-electron chi connectivity index (χ2n) is 4.20. The lowest BCUT2D eigenvalue weighted by atomic mass is 10.2. The molecule has 1 aromatic carbocycles. The largest absolute Gasteiger partial charge is 0.485 e. The van der Waals surface area contributed by atoms with Gasteiger partial charge in [-0.25, -0.2) is 0 Å². The minimum Gasteiger partial charge on any atom is -0.485 e. The molecule has 0 saturated carbocycles. The van der Waals surface area contributed by atoms with Crippen LogP contribution in [0.1, 0.15) is 17.0 Å². The van der Waals surface area contributed by atoms with Crippen LogP contribution in [0.4, 0.5) is 0 Å². The molecule has 0 aliphatic carbocycles. The van der Waals surface area contributed by atoms with Gasteiger partial charge in [0, 0.05) is 23.0 Å². The number of hydrogen-bond donors (Lipinski definition) is 0. The number of halogens is 3. The molecule has 1 aromatic heterocycles. The predicted octanol–water partition coefficient (Wildman–Crippen LogP) is 4.51. The molecule has 102 valence electrons. The minimum atomic E-state index is 0.415. The molecule has 3 nitrogen and oxygen atoms in total. The molecule has 0 saturated heterocycles. The Morgan fingerprint density at radius 2 is 2.05 bits per heavy atom. The van der Waals surface area contributed by atoms with Crippen LogP contribution in [0.25, 0.3) is 0 Å².